The van der Waals surface area contributed by atoms with Crippen LogP contribution in [0.4, 0.5) is 5.69 Å². The highest BCUT2D eigenvalue weighted by Crippen LogP contribution is 2.23. The SMILES string of the molecule is COC(C)C(=O)Nc1cc(Br)cnc1Cl. The van der Waals surface area contributed by atoms with Crippen molar-refractivity contribution < 1.29 is 9.53 Å². The molecule has 0 saturated carbocycles. The fourth-order valence-electron chi connectivity index (χ4n) is 0.852. The van der Waals surface area contributed by atoms with Gasteiger partial charge in [-0.3, -0.25) is 4.79 Å². The third-order valence-electron chi connectivity index (χ3n) is 1.79. The molecule has 0 saturated heterocycles. The Hall–Kier alpha value is -0.650. The molecule has 15 heavy (non-hydrogen) atoms. The van der Waals surface area contributed by atoms with Gasteiger partial charge in [0.25, 0.3) is 5.91 Å². The van der Waals surface area contributed by atoms with Crippen LogP contribution >= 0.6 is 27.5 Å². The molecule has 1 unspecified atom stereocenters. The van der Waals surface area contributed by atoms with Gasteiger partial charge in [-0.2, -0.15) is 0 Å². The quantitative estimate of drug-likeness (QED) is 0.871. The summed E-state index contributed by atoms with van der Waals surface area (Å²) in [5.41, 5.74) is 0.458. The van der Waals surface area contributed by atoms with E-state index in [1.165, 1.54) is 7.11 Å². The summed E-state index contributed by atoms with van der Waals surface area (Å²) < 4.78 is 5.61. The molecule has 0 spiro atoms. The molecule has 0 aromatic carbocycles. The Labute approximate surface area is 101 Å². The maximum absolute atomic E-state index is 11.5. The third kappa shape index (κ3) is 3.44. The molecule has 0 aliphatic heterocycles. The molecule has 0 radical (unpaired) electrons. The van der Waals surface area contributed by atoms with E-state index in [0.717, 1.165) is 4.47 Å². The van der Waals surface area contributed by atoms with Crippen molar-refractivity contribution in [1.82, 2.24) is 4.98 Å². The highest BCUT2D eigenvalue weighted by atomic mass is 79.9. The fraction of sp³-hybridized carbons (Fsp3) is 0.333. The van der Waals surface area contributed by atoms with E-state index in [2.05, 4.69) is 26.2 Å². The topological polar surface area (TPSA) is 51.2 Å². The van der Waals surface area contributed by atoms with Gasteiger partial charge in [0, 0.05) is 17.8 Å². The Bertz CT molecular complexity index is 373. The second-order valence-electron chi connectivity index (χ2n) is 2.86. The van der Waals surface area contributed by atoms with Crippen molar-refractivity contribution in [3.63, 3.8) is 0 Å². The summed E-state index contributed by atoms with van der Waals surface area (Å²) in [5.74, 6) is -0.265. The van der Waals surface area contributed by atoms with Gasteiger partial charge in [0.2, 0.25) is 0 Å². The molecule has 1 aromatic rings. The van der Waals surface area contributed by atoms with Gasteiger partial charge in [-0.1, -0.05) is 11.6 Å². The number of nitrogens with zero attached hydrogens (tertiary/aromatic N) is 1. The van der Waals surface area contributed by atoms with Crippen LogP contribution in [-0.2, 0) is 9.53 Å². The normalized spacial score (nSPS) is 12.3. The summed E-state index contributed by atoms with van der Waals surface area (Å²) >= 11 is 9.04. The lowest BCUT2D eigenvalue weighted by atomic mass is 10.3. The van der Waals surface area contributed by atoms with Crippen molar-refractivity contribution in [2.45, 2.75) is 13.0 Å². The molecule has 1 N–H and O–H groups in total. The number of anilines is 1. The molecule has 0 aliphatic carbocycles. The summed E-state index contributed by atoms with van der Waals surface area (Å²) in [7, 11) is 1.46. The number of aromatic nitrogens is 1. The number of hydrogen-bond donors (Lipinski definition) is 1. The highest BCUT2D eigenvalue weighted by Gasteiger charge is 2.13. The predicted molar refractivity (Wildman–Crippen MR) is 62.0 cm³/mol. The van der Waals surface area contributed by atoms with E-state index in [1.54, 1.807) is 19.2 Å². The van der Waals surface area contributed by atoms with E-state index in [1.807, 2.05) is 0 Å². The average Bonchev–Trinajstić information content (AvgIpc) is 2.22. The lowest BCUT2D eigenvalue weighted by Crippen LogP contribution is -2.26. The van der Waals surface area contributed by atoms with E-state index < -0.39 is 6.10 Å². The zero-order valence-corrected chi connectivity index (χ0v) is 10.6. The van der Waals surface area contributed by atoms with Crippen molar-refractivity contribution in [2.24, 2.45) is 0 Å². The Balaban J connectivity index is 2.80. The number of methoxy groups -OCH3 is 1. The van der Waals surface area contributed by atoms with Crippen LogP contribution in [0.5, 0.6) is 0 Å². The van der Waals surface area contributed by atoms with E-state index in [4.69, 9.17) is 16.3 Å². The minimum atomic E-state index is -0.528. The van der Waals surface area contributed by atoms with Gasteiger partial charge < -0.3 is 10.1 Å². The van der Waals surface area contributed by atoms with Gasteiger partial charge >= 0.3 is 0 Å². The Morgan fingerprint density at radius 3 is 3.00 bits per heavy atom. The molecule has 1 amide bonds. The number of halogens is 2. The number of amides is 1. The van der Waals surface area contributed by atoms with Crippen LogP contribution in [-0.4, -0.2) is 24.1 Å². The zero-order chi connectivity index (χ0) is 11.4. The molecular formula is C9H10BrClN2O2. The first-order valence-electron chi connectivity index (χ1n) is 4.19. The Morgan fingerprint density at radius 1 is 1.73 bits per heavy atom. The number of carbonyl (C=O) groups excluding carboxylic acids is 1. The largest absolute Gasteiger partial charge is 0.372 e. The highest BCUT2D eigenvalue weighted by molar-refractivity contribution is 9.10. The van der Waals surface area contributed by atoms with E-state index in [9.17, 15) is 4.79 Å². The van der Waals surface area contributed by atoms with E-state index >= 15 is 0 Å². The van der Waals surface area contributed by atoms with E-state index in [0.29, 0.717) is 5.69 Å². The van der Waals surface area contributed by atoms with Crippen LogP contribution in [0.15, 0.2) is 16.7 Å². The molecule has 6 heteroatoms. The number of carbonyl (C=O) groups is 1. The van der Waals surface area contributed by atoms with Crippen molar-refractivity contribution in [1.29, 1.82) is 0 Å². The smallest absolute Gasteiger partial charge is 0.253 e. The van der Waals surface area contributed by atoms with Gasteiger partial charge in [-0.05, 0) is 28.9 Å². The van der Waals surface area contributed by atoms with Crippen molar-refractivity contribution in [3.05, 3.63) is 21.9 Å². The number of nitrogens with one attached hydrogen (secondary N) is 1. The van der Waals surface area contributed by atoms with Gasteiger partial charge in [0.15, 0.2) is 5.15 Å². The zero-order valence-electron chi connectivity index (χ0n) is 8.25. The Kier molecular flexibility index (Phi) is 4.50. The monoisotopic (exact) mass is 292 g/mol. The lowest BCUT2D eigenvalue weighted by Gasteiger charge is -2.11. The van der Waals surface area contributed by atoms with E-state index in [-0.39, 0.29) is 11.1 Å². The predicted octanol–water partition coefficient (Wildman–Crippen LogP) is 2.47. The molecule has 1 atom stereocenters. The molecule has 1 rings (SSSR count). The fourth-order valence-corrected chi connectivity index (χ4v) is 1.33. The number of pyridine rings is 1. The molecule has 82 valence electrons. The first kappa shape index (κ1) is 12.4. The van der Waals surface area contributed by atoms with Crippen LogP contribution in [0.3, 0.4) is 0 Å². The number of rotatable bonds is 3. The molecule has 0 fully saturated rings. The second kappa shape index (κ2) is 5.44. The molecule has 0 bridgehead atoms. The van der Waals surface area contributed by atoms with Crippen LogP contribution in [0.1, 0.15) is 6.92 Å². The summed E-state index contributed by atoms with van der Waals surface area (Å²) in [4.78, 5) is 15.3. The maximum atomic E-state index is 11.5. The summed E-state index contributed by atoms with van der Waals surface area (Å²) in [6.07, 6.45) is 1.03. The average molecular weight is 294 g/mol. The minimum Gasteiger partial charge on any atom is -0.372 e. The first-order valence-corrected chi connectivity index (χ1v) is 5.36. The first-order chi connectivity index (χ1) is 7.04. The van der Waals surface area contributed by atoms with Gasteiger partial charge in [-0.15, -0.1) is 0 Å². The maximum Gasteiger partial charge on any atom is 0.253 e. The van der Waals surface area contributed by atoms with Gasteiger partial charge in [-0.25, -0.2) is 4.98 Å². The van der Waals surface area contributed by atoms with Crippen molar-refractivity contribution >= 4 is 39.1 Å². The van der Waals surface area contributed by atoms with Crippen LogP contribution in [0, 0.1) is 0 Å². The second-order valence-corrected chi connectivity index (χ2v) is 4.13. The van der Waals surface area contributed by atoms with Gasteiger partial charge in [0.1, 0.15) is 6.10 Å². The molecule has 1 aromatic heterocycles. The molecule has 1 heterocycles. The number of hydrogen-bond acceptors (Lipinski definition) is 3. The molecule has 0 aliphatic rings. The van der Waals surface area contributed by atoms with Crippen molar-refractivity contribution in [3.8, 4) is 0 Å². The summed E-state index contributed by atoms with van der Waals surface area (Å²) in [5, 5.41) is 2.86. The van der Waals surface area contributed by atoms with Crippen molar-refractivity contribution in [2.75, 3.05) is 12.4 Å². The summed E-state index contributed by atoms with van der Waals surface area (Å²) in [6, 6.07) is 1.68. The van der Waals surface area contributed by atoms with Crippen LogP contribution in [0.2, 0.25) is 5.15 Å². The third-order valence-corrected chi connectivity index (χ3v) is 2.52. The molecule has 4 nitrogen and oxygen atoms in total. The standard InChI is InChI=1S/C9H10BrClN2O2/c1-5(15-2)9(14)13-7-3-6(10)4-12-8(7)11/h3-5H,1-2H3,(H,13,14). The van der Waals surface area contributed by atoms with Gasteiger partial charge in [0.05, 0.1) is 5.69 Å². The van der Waals surface area contributed by atoms with Crippen LogP contribution in [0.25, 0.3) is 0 Å². The number of ether oxygens (including phenoxy) is 1. The molecular weight excluding hydrogens is 283 g/mol. The lowest BCUT2D eigenvalue weighted by molar-refractivity contribution is -0.124. The summed E-state index contributed by atoms with van der Waals surface area (Å²) in [6.45, 7) is 1.65. The Morgan fingerprint density at radius 2 is 2.40 bits per heavy atom. The van der Waals surface area contributed by atoms with Crippen LogP contribution < -0.4 is 5.32 Å². The minimum absolute atomic E-state index is 0.245.